The van der Waals surface area contributed by atoms with E-state index in [1.807, 2.05) is 18.2 Å². The number of nitro benzene ring substituents is 1. The first kappa shape index (κ1) is 23.8. The summed E-state index contributed by atoms with van der Waals surface area (Å²) < 4.78 is 5.28. The summed E-state index contributed by atoms with van der Waals surface area (Å²) in [5.41, 5.74) is 2.41. The second kappa shape index (κ2) is 11.6. The molecule has 1 heterocycles. The van der Waals surface area contributed by atoms with Crippen LogP contribution in [0.3, 0.4) is 0 Å². The molecule has 0 amide bonds. The summed E-state index contributed by atoms with van der Waals surface area (Å²) >= 11 is 0. The Hall–Kier alpha value is -3.50. The summed E-state index contributed by atoms with van der Waals surface area (Å²) in [7, 11) is 1.69. The van der Waals surface area contributed by atoms with Crippen LogP contribution in [-0.2, 0) is 22.7 Å². The van der Waals surface area contributed by atoms with Gasteiger partial charge in [-0.2, -0.15) is 0 Å². The van der Waals surface area contributed by atoms with Gasteiger partial charge >= 0.3 is 11.9 Å². The van der Waals surface area contributed by atoms with E-state index in [9.17, 15) is 10.1 Å². The smallest absolute Gasteiger partial charge is 0.414 e. The number of carboxylic acids is 2. The summed E-state index contributed by atoms with van der Waals surface area (Å²) in [6.07, 6.45) is 0. The van der Waals surface area contributed by atoms with E-state index >= 15 is 0 Å². The number of benzene rings is 2. The molecule has 166 valence electrons. The lowest BCUT2D eigenvalue weighted by atomic mass is 10.1. The zero-order valence-electron chi connectivity index (χ0n) is 17.1. The van der Waals surface area contributed by atoms with Crippen LogP contribution in [0.25, 0.3) is 0 Å². The summed E-state index contributed by atoms with van der Waals surface area (Å²) in [6, 6.07) is 15.1. The van der Waals surface area contributed by atoms with Crippen LogP contribution in [0.1, 0.15) is 11.1 Å². The van der Waals surface area contributed by atoms with E-state index in [1.54, 1.807) is 19.2 Å². The minimum Gasteiger partial charge on any atom is -0.497 e. The number of nitrogens with zero attached hydrogens (tertiary/aromatic N) is 3. The Balaban J connectivity index is 0.000000501. The van der Waals surface area contributed by atoms with Crippen LogP contribution in [-0.4, -0.2) is 70.2 Å². The monoisotopic (exact) mass is 431 g/mol. The number of hydrogen-bond donors (Lipinski definition) is 2. The molecule has 0 atom stereocenters. The minimum atomic E-state index is -1.82. The minimum absolute atomic E-state index is 0.161. The Kier molecular flexibility index (Phi) is 8.92. The Bertz CT molecular complexity index is 899. The predicted molar refractivity (Wildman–Crippen MR) is 112 cm³/mol. The molecule has 1 aliphatic heterocycles. The molecule has 2 aromatic rings. The van der Waals surface area contributed by atoms with Gasteiger partial charge in [0.05, 0.1) is 12.0 Å². The lowest BCUT2D eigenvalue weighted by Gasteiger charge is -2.34. The number of piperazine rings is 1. The van der Waals surface area contributed by atoms with Crippen molar-refractivity contribution in [3.05, 3.63) is 69.8 Å². The first-order valence-electron chi connectivity index (χ1n) is 9.55. The molecule has 2 N–H and O–H groups in total. The van der Waals surface area contributed by atoms with Gasteiger partial charge in [0.1, 0.15) is 5.75 Å². The van der Waals surface area contributed by atoms with Gasteiger partial charge in [-0.1, -0.05) is 24.3 Å². The average Bonchev–Trinajstić information content (AvgIpc) is 2.76. The van der Waals surface area contributed by atoms with E-state index in [0.717, 1.165) is 50.6 Å². The molecule has 31 heavy (non-hydrogen) atoms. The molecule has 1 saturated heterocycles. The lowest BCUT2D eigenvalue weighted by molar-refractivity contribution is -0.384. The normalized spacial score (nSPS) is 14.2. The average molecular weight is 431 g/mol. The van der Waals surface area contributed by atoms with Crippen molar-refractivity contribution in [3.63, 3.8) is 0 Å². The highest BCUT2D eigenvalue weighted by Gasteiger charge is 2.18. The Morgan fingerprint density at radius 1 is 0.935 bits per heavy atom. The van der Waals surface area contributed by atoms with Crippen LogP contribution < -0.4 is 4.74 Å². The van der Waals surface area contributed by atoms with Gasteiger partial charge in [0, 0.05) is 51.4 Å². The SMILES string of the molecule is COc1cccc(CN2CCN(Cc3cccc([N+](=O)[O-])c3)CC2)c1.O=C(O)C(=O)O. The van der Waals surface area contributed by atoms with Crippen molar-refractivity contribution in [1.82, 2.24) is 9.80 Å². The van der Waals surface area contributed by atoms with Gasteiger partial charge in [-0.15, -0.1) is 0 Å². The number of methoxy groups -OCH3 is 1. The maximum atomic E-state index is 10.9. The second-order valence-electron chi connectivity index (χ2n) is 6.94. The maximum Gasteiger partial charge on any atom is 0.414 e. The Labute approximate surface area is 179 Å². The molecule has 0 saturated carbocycles. The zero-order chi connectivity index (χ0) is 22.8. The van der Waals surface area contributed by atoms with E-state index in [1.165, 1.54) is 11.6 Å². The number of non-ortho nitro benzene ring substituents is 1. The number of aliphatic carboxylic acids is 2. The van der Waals surface area contributed by atoms with Gasteiger partial charge < -0.3 is 14.9 Å². The first-order chi connectivity index (χ1) is 14.8. The van der Waals surface area contributed by atoms with E-state index in [4.69, 9.17) is 24.5 Å². The summed E-state index contributed by atoms with van der Waals surface area (Å²) in [6.45, 7) is 5.59. The first-order valence-corrected chi connectivity index (χ1v) is 9.55. The highest BCUT2D eigenvalue weighted by atomic mass is 16.6. The number of hydrogen-bond acceptors (Lipinski definition) is 7. The predicted octanol–water partition coefficient (Wildman–Crippen LogP) is 2.08. The Morgan fingerprint density at radius 3 is 1.87 bits per heavy atom. The van der Waals surface area contributed by atoms with E-state index < -0.39 is 11.9 Å². The summed E-state index contributed by atoms with van der Waals surface area (Å²) in [5.74, 6) is -2.76. The van der Waals surface area contributed by atoms with Crippen LogP contribution in [0.4, 0.5) is 5.69 Å². The summed E-state index contributed by atoms with van der Waals surface area (Å²) in [4.78, 5) is 33.5. The highest BCUT2D eigenvalue weighted by Crippen LogP contribution is 2.18. The van der Waals surface area contributed by atoms with Crippen molar-refractivity contribution in [1.29, 1.82) is 0 Å². The third-order valence-electron chi connectivity index (χ3n) is 4.72. The number of rotatable bonds is 6. The molecule has 0 aromatic heterocycles. The molecule has 0 spiro atoms. The number of carbonyl (C=O) groups is 2. The molecule has 10 nitrogen and oxygen atoms in total. The van der Waals surface area contributed by atoms with Gasteiger partial charge in [-0.05, 0) is 23.3 Å². The van der Waals surface area contributed by atoms with Crippen LogP contribution in [0.2, 0.25) is 0 Å². The number of carboxylic acid groups (broad SMARTS) is 2. The van der Waals surface area contributed by atoms with Crippen molar-refractivity contribution < 1.29 is 29.5 Å². The van der Waals surface area contributed by atoms with E-state index in [-0.39, 0.29) is 10.6 Å². The molecule has 10 heteroatoms. The molecule has 0 aliphatic carbocycles. The third-order valence-corrected chi connectivity index (χ3v) is 4.72. The maximum absolute atomic E-state index is 10.9. The van der Waals surface area contributed by atoms with Crippen molar-refractivity contribution in [2.24, 2.45) is 0 Å². The largest absolute Gasteiger partial charge is 0.497 e. The van der Waals surface area contributed by atoms with Gasteiger partial charge in [0.2, 0.25) is 0 Å². The standard InChI is InChI=1S/C19H23N3O3.C2H2O4/c1-25-19-7-3-5-17(13-19)15-21-10-8-20(9-11-21)14-16-4-2-6-18(12-16)22(23)24;3-1(4)2(5)6/h2-7,12-13H,8-11,14-15H2,1H3;(H,3,4)(H,5,6). The van der Waals surface area contributed by atoms with Crippen LogP contribution in [0.15, 0.2) is 48.5 Å². The quantitative estimate of drug-likeness (QED) is 0.400. The van der Waals surface area contributed by atoms with Gasteiger partial charge in [-0.3, -0.25) is 19.9 Å². The van der Waals surface area contributed by atoms with E-state index in [0.29, 0.717) is 0 Å². The fraction of sp³-hybridized carbons (Fsp3) is 0.333. The summed E-state index contributed by atoms with van der Waals surface area (Å²) in [5, 5.41) is 25.7. The fourth-order valence-electron chi connectivity index (χ4n) is 3.16. The zero-order valence-corrected chi connectivity index (χ0v) is 17.1. The number of ether oxygens (including phenoxy) is 1. The molecule has 3 rings (SSSR count). The van der Waals surface area contributed by atoms with Crippen LogP contribution in [0, 0.1) is 10.1 Å². The molecule has 2 aromatic carbocycles. The second-order valence-corrected chi connectivity index (χ2v) is 6.94. The lowest BCUT2D eigenvalue weighted by Crippen LogP contribution is -2.45. The highest BCUT2D eigenvalue weighted by molar-refractivity contribution is 6.27. The van der Waals surface area contributed by atoms with Crippen LogP contribution >= 0.6 is 0 Å². The molecule has 1 aliphatic rings. The fourth-order valence-corrected chi connectivity index (χ4v) is 3.16. The molecule has 1 fully saturated rings. The Morgan fingerprint density at radius 2 is 1.42 bits per heavy atom. The third kappa shape index (κ3) is 8.03. The molecule has 0 bridgehead atoms. The molecule has 0 unspecified atom stereocenters. The molecular weight excluding hydrogens is 406 g/mol. The van der Waals surface area contributed by atoms with Gasteiger partial charge in [0.15, 0.2) is 0 Å². The van der Waals surface area contributed by atoms with Crippen molar-refractivity contribution in [3.8, 4) is 5.75 Å². The van der Waals surface area contributed by atoms with Gasteiger partial charge in [0.25, 0.3) is 5.69 Å². The number of nitro groups is 1. The van der Waals surface area contributed by atoms with Gasteiger partial charge in [-0.25, -0.2) is 9.59 Å². The van der Waals surface area contributed by atoms with Crippen LogP contribution in [0.5, 0.6) is 5.75 Å². The molecule has 0 radical (unpaired) electrons. The van der Waals surface area contributed by atoms with Crippen molar-refractivity contribution in [2.45, 2.75) is 13.1 Å². The van der Waals surface area contributed by atoms with Crippen molar-refractivity contribution in [2.75, 3.05) is 33.3 Å². The molecular formula is C21H25N3O7. The van der Waals surface area contributed by atoms with E-state index in [2.05, 4.69) is 21.9 Å². The van der Waals surface area contributed by atoms with Crippen molar-refractivity contribution >= 4 is 17.6 Å². The topological polar surface area (TPSA) is 133 Å².